The highest BCUT2D eigenvalue weighted by molar-refractivity contribution is 5.95. The van der Waals surface area contributed by atoms with Gasteiger partial charge in [-0.1, -0.05) is 12.1 Å². The summed E-state index contributed by atoms with van der Waals surface area (Å²) >= 11 is 0. The monoisotopic (exact) mass is 379 g/mol. The minimum absolute atomic E-state index is 0.0795. The molecule has 1 aliphatic heterocycles. The molecule has 1 heterocycles. The Morgan fingerprint density at radius 1 is 1.29 bits per heavy atom. The first kappa shape index (κ1) is 19.9. The first-order valence-electron chi connectivity index (χ1n) is 9.52. The predicted octanol–water partition coefficient (Wildman–Crippen LogP) is 2.77. The molecule has 0 unspecified atom stereocenters. The highest BCUT2D eigenvalue weighted by Gasteiger charge is 2.17. The van der Waals surface area contributed by atoms with Crippen molar-refractivity contribution < 1.29 is 14.6 Å². The van der Waals surface area contributed by atoms with Crippen LogP contribution in [0.2, 0.25) is 0 Å². The van der Waals surface area contributed by atoms with Crippen molar-refractivity contribution in [3.8, 4) is 22.9 Å². The maximum atomic E-state index is 12.5. The number of carbonyl (C=O) groups is 1. The minimum Gasteiger partial charge on any atom is -0.507 e. The SMILES string of the molecule is C[C@@H](CCNC(=O)c1cccc(-c2cc(C#N)ccc2O)c1)N1CCOCC1. The molecule has 1 atom stereocenters. The highest BCUT2D eigenvalue weighted by atomic mass is 16.5. The first-order valence-corrected chi connectivity index (χ1v) is 9.52. The van der Waals surface area contributed by atoms with Crippen LogP contribution in [0.25, 0.3) is 11.1 Å². The molecule has 2 aromatic rings. The molecule has 3 rings (SSSR count). The van der Waals surface area contributed by atoms with Crippen molar-refractivity contribution in [1.29, 1.82) is 5.26 Å². The third-order valence-corrected chi connectivity index (χ3v) is 5.08. The van der Waals surface area contributed by atoms with Gasteiger partial charge in [-0.05, 0) is 49.2 Å². The molecule has 0 aromatic heterocycles. The van der Waals surface area contributed by atoms with Crippen molar-refractivity contribution >= 4 is 5.91 Å². The Hall–Kier alpha value is -2.88. The zero-order valence-corrected chi connectivity index (χ0v) is 16.0. The lowest BCUT2D eigenvalue weighted by atomic mass is 10.00. The normalized spacial score (nSPS) is 15.6. The number of nitriles is 1. The van der Waals surface area contributed by atoms with Gasteiger partial charge in [-0.25, -0.2) is 0 Å². The number of hydrogen-bond donors (Lipinski definition) is 2. The molecule has 28 heavy (non-hydrogen) atoms. The summed E-state index contributed by atoms with van der Waals surface area (Å²) in [6, 6.07) is 14.2. The summed E-state index contributed by atoms with van der Waals surface area (Å²) in [5.74, 6) is -0.0668. The Bertz CT molecular complexity index is 870. The van der Waals surface area contributed by atoms with Crippen LogP contribution in [0.3, 0.4) is 0 Å². The number of amides is 1. The lowest BCUT2D eigenvalue weighted by Gasteiger charge is -2.32. The third kappa shape index (κ3) is 4.89. The van der Waals surface area contributed by atoms with Crippen molar-refractivity contribution in [2.24, 2.45) is 0 Å². The van der Waals surface area contributed by atoms with E-state index in [0.29, 0.717) is 34.8 Å². The number of nitrogens with zero attached hydrogens (tertiary/aromatic N) is 2. The topological polar surface area (TPSA) is 85.6 Å². The molecular formula is C22H25N3O3. The van der Waals surface area contributed by atoms with E-state index in [1.807, 2.05) is 6.07 Å². The molecule has 0 saturated carbocycles. The summed E-state index contributed by atoms with van der Waals surface area (Å²) in [5.41, 5.74) is 2.22. The number of aromatic hydroxyl groups is 1. The lowest BCUT2D eigenvalue weighted by molar-refractivity contribution is 0.0187. The zero-order valence-electron chi connectivity index (χ0n) is 16.0. The smallest absolute Gasteiger partial charge is 0.251 e. The van der Waals surface area contributed by atoms with E-state index in [1.54, 1.807) is 30.3 Å². The average molecular weight is 379 g/mol. The Kier molecular flexibility index (Phi) is 6.64. The summed E-state index contributed by atoms with van der Waals surface area (Å²) < 4.78 is 5.37. The Labute approximate surface area is 165 Å². The minimum atomic E-state index is -0.146. The number of carbonyl (C=O) groups excluding carboxylic acids is 1. The number of hydrogen-bond acceptors (Lipinski definition) is 5. The van der Waals surface area contributed by atoms with E-state index in [1.165, 1.54) is 6.07 Å². The molecule has 6 heteroatoms. The number of benzene rings is 2. The van der Waals surface area contributed by atoms with E-state index in [4.69, 9.17) is 10.00 Å². The van der Waals surface area contributed by atoms with Crippen LogP contribution in [0.4, 0.5) is 0 Å². The maximum Gasteiger partial charge on any atom is 0.251 e. The van der Waals surface area contributed by atoms with Crippen LogP contribution in [0, 0.1) is 11.3 Å². The van der Waals surface area contributed by atoms with Crippen LogP contribution >= 0.6 is 0 Å². The van der Waals surface area contributed by atoms with Gasteiger partial charge >= 0.3 is 0 Å². The van der Waals surface area contributed by atoms with Crippen LogP contribution in [-0.2, 0) is 4.74 Å². The summed E-state index contributed by atoms with van der Waals surface area (Å²) in [4.78, 5) is 14.9. The zero-order chi connectivity index (χ0) is 19.9. The van der Waals surface area contributed by atoms with Crippen molar-refractivity contribution in [2.75, 3.05) is 32.8 Å². The average Bonchev–Trinajstić information content (AvgIpc) is 2.74. The molecule has 0 spiro atoms. The van der Waals surface area contributed by atoms with Crippen molar-refractivity contribution in [1.82, 2.24) is 10.2 Å². The number of phenols is 1. The molecule has 1 fully saturated rings. The molecule has 2 N–H and O–H groups in total. The van der Waals surface area contributed by atoms with Crippen molar-refractivity contribution in [3.05, 3.63) is 53.6 Å². The number of rotatable bonds is 6. The van der Waals surface area contributed by atoms with Crippen LogP contribution in [0.15, 0.2) is 42.5 Å². The Morgan fingerprint density at radius 3 is 2.82 bits per heavy atom. The molecular weight excluding hydrogens is 354 g/mol. The van der Waals surface area contributed by atoms with E-state index >= 15 is 0 Å². The van der Waals surface area contributed by atoms with Gasteiger partial charge in [0, 0.05) is 36.8 Å². The summed E-state index contributed by atoms with van der Waals surface area (Å²) in [7, 11) is 0. The quantitative estimate of drug-likeness (QED) is 0.806. The second kappa shape index (κ2) is 9.36. The van der Waals surface area contributed by atoms with E-state index in [2.05, 4.69) is 23.2 Å². The number of phenolic OH excluding ortho intramolecular Hbond substituents is 1. The molecule has 2 aromatic carbocycles. The van der Waals surface area contributed by atoms with Crippen molar-refractivity contribution in [2.45, 2.75) is 19.4 Å². The van der Waals surface area contributed by atoms with Gasteiger partial charge in [0.05, 0.1) is 24.8 Å². The fourth-order valence-corrected chi connectivity index (χ4v) is 3.36. The third-order valence-electron chi connectivity index (χ3n) is 5.08. The van der Waals surface area contributed by atoms with Gasteiger partial charge in [-0.15, -0.1) is 0 Å². The lowest BCUT2D eigenvalue weighted by Crippen LogP contribution is -2.43. The fourth-order valence-electron chi connectivity index (χ4n) is 3.36. The molecule has 1 aliphatic rings. The van der Waals surface area contributed by atoms with Crippen LogP contribution < -0.4 is 5.32 Å². The molecule has 1 saturated heterocycles. The maximum absolute atomic E-state index is 12.5. The summed E-state index contributed by atoms with van der Waals surface area (Å²) in [6.07, 6.45) is 0.871. The van der Waals surface area contributed by atoms with Gasteiger partial charge in [-0.3, -0.25) is 9.69 Å². The predicted molar refractivity (Wildman–Crippen MR) is 107 cm³/mol. The molecule has 6 nitrogen and oxygen atoms in total. The van der Waals surface area contributed by atoms with E-state index in [0.717, 1.165) is 32.7 Å². The standard InChI is InChI=1S/C22H25N3O3/c1-16(25-9-11-28-12-10-25)7-8-24-22(27)19-4-2-3-18(14-19)20-13-17(15-23)5-6-21(20)26/h2-6,13-14,16,26H,7-12H2,1H3,(H,24,27)/t16-/m0/s1. The van der Waals surface area contributed by atoms with E-state index in [9.17, 15) is 9.90 Å². The van der Waals surface area contributed by atoms with Gasteiger partial charge in [0.25, 0.3) is 5.91 Å². The van der Waals surface area contributed by atoms with Crippen LogP contribution in [0.1, 0.15) is 29.3 Å². The van der Waals surface area contributed by atoms with Gasteiger partial charge in [-0.2, -0.15) is 5.26 Å². The van der Waals surface area contributed by atoms with Gasteiger partial charge in [0.2, 0.25) is 0 Å². The summed E-state index contributed by atoms with van der Waals surface area (Å²) in [6.45, 7) is 6.16. The Balaban J connectivity index is 1.62. The fraction of sp³-hybridized carbons (Fsp3) is 0.364. The van der Waals surface area contributed by atoms with Gasteiger partial charge in [0.15, 0.2) is 0 Å². The molecule has 0 bridgehead atoms. The highest BCUT2D eigenvalue weighted by Crippen LogP contribution is 2.30. The first-order chi connectivity index (χ1) is 13.6. The molecule has 0 radical (unpaired) electrons. The number of morpholine rings is 1. The van der Waals surface area contributed by atoms with Crippen LogP contribution in [-0.4, -0.2) is 54.8 Å². The van der Waals surface area contributed by atoms with E-state index < -0.39 is 0 Å². The van der Waals surface area contributed by atoms with Crippen molar-refractivity contribution in [3.63, 3.8) is 0 Å². The van der Waals surface area contributed by atoms with E-state index in [-0.39, 0.29) is 11.7 Å². The second-order valence-corrected chi connectivity index (χ2v) is 6.97. The summed E-state index contributed by atoms with van der Waals surface area (Å²) in [5, 5.41) is 22.2. The second-order valence-electron chi connectivity index (χ2n) is 6.97. The van der Waals surface area contributed by atoms with Crippen LogP contribution in [0.5, 0.6) is 5.75 Å². The number of nitrogens with one attached hydrogen (secondary N) is 1. The Morgan fingerprint density at radius 2 is 2.07 bits per heavy atom. The van der Waals surface area contributed by atoms with Gasteiger partial charge in [0.1, 0.15) is 5.75 Å². The molecule has 0 aliphatic carbocycles. The largest absolute Gasteiger partial charge is 0.507 e. The van der Waals surface area contributed by atoms with Gasteiger partial charge < -0.3 is 15.2 Å². The molecule has 146 valence electrons. The molecule has 1 amide bonds. The number of ether oxygens (including phenoxy) is 1.